The van der Waals surface area contributed by atoms with Crippen LogP contribution in [0.3, 0.4) is 0 Å². The Morgan fingerprint density at radius 3 is 2.92 bits per heavy atom. The quantitative estimate of drug-likeness (QED) is 0.655. The molecule has 64 valence electrons. The molecule has 1 nitrogen and oxygen atoms in total. The van der Waals surface area contributed by atoms with E-state index in [0.29, 0.717) is 0 Å². The van der Waals surface area contributed by atoms with Crippen molar-refractivity contribution in [2.45, 2.75) is 25.0 Å². The second kappa shape index (κ2) is 2.70. The van der Waals surface area contributed by atoms with Gasteiger partial charge < -0.3 is 4.42 Å². The van der Waals surface area contributed by atoms with Crippen LogP contribution in [0.2, 0.25) is 0 Å². The van der Waals surface area contributed by atoms with E-state index in [-0.39, 0.29) is 4.75 Å². The molecule has 1 aliphatic rings. The Morgan fingerprint density at radius 2 is 2.42 bits per heavy atom. The predicted molar refractivity (Wildman–Crippen MR) is 52.0 cm³/mol. The maximum absolute atomic E-state index is 5.41. The molecule has 0 aliphatic carbocycles. The van der Waals surface area contributed by atoms with Crippen molar-refractivity contribution in [2.24, 2.45) is 0 Å². The third-order valence-corrected chi connectivity index (χ3v) is 3.51. The van der Waals surface area contributed by atoms with Crippen molar-refractivity contribution in [1.82, 2.24) is 0 Å². The number of hydrogen-bond donors (Lipinski definition) is 0. The molecule has 1 unspecified atom stereocenters. The van der Waals surface area contributed by atoms with E-state index in [1.807, 2.05) is 17.8 Å². The van der Waals surface area contributed by atoms with E-state index < -0.39 is 0 Å². The van der Waals surface area contributed by atoms with Gasteiger partial charge in [0.05, 0.1) is 11.0 Å². The Balaban J connectivity index is 2.26. The summed E-state index contributed by atoms with van der Waals surface area (Å²) >= 11 is 1.89. The fourth-order valence-corrected chi connectivity index (χ4v) is 2.77. The molecule has 1 atom stereocenters. The van der Waals surface area contributed by atoms with E-state index >= 15 is 0 Å². The Morgan fingerprint density at radius 1 is 1.58 bits per heavy atom. The highest BCUT2D eigenvalue weighted by Gasteiger charge is 2.33. The van der Waals surface area contributed by atoms with Gasteiger partial charge in [-0.1, -0.05) is 6.08 Å². The summed E-state index contributed by atoms with van der Waals surface area (Å²) in [5.41, 5.74) is 0. The first-order valence-corrected chi connectivity index (χ1v) is 4.92. The number of hydrogen-bond acceptors (Lipinski definition) is 2. The topological polar surface area (TPSA) is 13.1 Å². The van der Waals surface area contributed by atoms with Gasteiger partial charge in [0.2, 0.25) is 0 Å². The first-order valence-electron chi connectivity index (χ1n) is 4.10. The molecule has 12 heavy (non-hydrogen) atoms. The number of allylic oxidation sites excluding steroid dienone is 2. The average Bonchev–Trinajstić information content (AvgIpc) is 2.59. The maximum atomic E-state index is 5.41. The third kappa shape index (κ3) is 1.20. The summed E-state index contributed by atoms with van der Waals surface area (Å²) in [6.07, 6.45) is 5.10. The van der Waals surface area contributed by atoms with Crippen molar-refractivity contribution in [1.29, 1.82) is 0 Å². The minimum Gasteiger partial charge on any atom is -0.468 e. The molecule has 1 aromatic heterocycles. The molecule has 1 aliphatic heterocycles. The van der Waals surface area contributed by atoms with Gasteiger partial charge in [-0.25, -0.2) is 0 Å². The van der Waals surface area contributed by atoms with Crippen LogP contribution in [0.4, 0.5) is 0 Å². The van der Waals surface area contributed by atoms with Crippen LogP contribution in [0.5, 0.6) is 0 Å². The highest BCUT2D eigenvalue weighted by Crippen LogP contribution is 2.48. The summed E-state index contributed by atoms with van der Waals surface area (Å²) < 4.78 is 5.56. The molecule has 0 amide bonds. The average molecular weight is 180 g/mol. The number of rotatable bonds is 1. The Bertz CT molecular complexity index is 300. The van der Waals surface area contributed by atoms with E-state index in [9.17, 15) is 0 Å². The van der Waals surface area contributed by atoms with Crippen LogP contribution in [0, 0.1) is 0 Å². The summed E-state index contributed by atoms with van der Waals surface area (Å²) in [5, 5.41) is 0. The summed E-state index contributed by atoms with van der Waals surface area (Å²) in [6.45, 7) is 4.38. The summed E-state index contributed by atoms with van der Waals surface area (Å²) in [4.78, 5) is 1.40. The van der Waals surface area contributed by atoms with Crippen LogP contribution in [0.25, 0.3) is 0 Å². The Labute approximate surface area is 76.8 Å². The second-order valence-corrected chi connectivity index (χ2v) is 5.08. The highest BCUT2D eigenvalue weighted by atomic mass is 32.2. The first-order chi connectivity index (χ1) is 5.71. The van der Waals surface area contributed by atoms with Gasteiger partial charge in [-0.15, -0.1) is 11.8 Å². The largest absolute Gasteiger partial charge is 0.468 e. The Hall–Kier alpha value is -0.630. The van der Waals surface area contributed by atoms with Gasteiger partial charge >= 0.3 is 0 Å². The normalized spacial score (nSPS) is 29.0. The zero-order chi connectivity index (χ0) is 8.60. The van der Waals surface area contributed by atoms with Crippen LogP contribution in [0.1, 0.15) is 26.0 Å². The molecule has 2 heterocycles. The van der Waals surface area contributed by atoms with Crippen LogP contribution in [-0.4, -0.2) is 0 Å². The van der Waals surface area contributed by atoms with Crippen molar-refractivity contribution < 1.29 is 4.42 Å². The molecule has 0 saturated carbocycles. The minimum absolute atomic E-state index is 0.146. The lowest BCUT2D eigenvalue weighted by molar-refractivity contribution is 0.457. The maximum Gasteiger partial charge on any atom is 0.120 e. The molecule has 0 saturated heterocycles. The van der Waals surface area contributed by atoms with Crippen molar-refractivity contribution in [3.8, 4) is 0 Å². The third-order valence-electron chi connectivity index (χ3n) is 2.21. The lowest BCUT2D eigenvalue weighted by atomic mass is 10.0. The molecule has 0 spiro atoms. The lowest BCUT2D eigenvalue weighted by Crippen LogP contribution is -2.11. The van der Waals surface area contributed by atoms with Gasteiger partial charge in [0.15, 0.2) is 0 Å². The number of thioether (sulfide) groups is 1. The van der Waals surface area contributed by atoms with Gasteiger partial charge in [-0.05, 0) is 37.3 Å². The highest BCUT2D eigenvalue weighted by molar-refractivity contribution is 8.04. The smallest absolute Gasteiger partial charge is 0.120 e. The molecule has 2 rings (SSSR count). The molecular weight excluding hydrogens is 168 g/mol. The molecule has 0 N–H and O–H groups in total. The van der Waals surface area contributed by atoms with Crippen molar-refractivity contribution in [3.05, 3.63) is 35.1 Å². The minimum atomic E-state index is 0.146. The van der Waals surface area contributed by atoms with E-state index in [0.717, 1.165) is 12.2 Å². The van der Waals surface area contributed by atoms with Crippen LogP contribution in [0.15, 0.2) is 33.8 Å². The van der Waals surface area contributed by atoms with Crippen LogP contribution >= 0.6 is 11.8 Å². The second-order valence-electron chi connectivity index (χ2n) is 3.33. The van der Waals surface area contributed by atoms with Crippen LogP contribution < -0.4 is 0 Å². The van der Waals surface area contributed by atoms with E-state index in [2.05, 4.69) is 26.0 Å². The van der Waals surface area contributed by atoms with Crippen LogP contribution in [-0.2, 0) is 4.75 Å². The zero-order valence-electron chi connectivity index (χ0n) is 7.33. The Kier molecular flexibility index (Phi) is 1.80. The summed E-state index contributed by atoms with van der Waals surface area (Å²) in [7, 11) is 0. The van der Waals surface area contributed by atoms with Crippen molar-refractivity contribution in [3.63, 3.8) is 0 Å². The number of furan rings is 1. The zero-order valence-corrected chi connectivity index (χ0v) is 8.15. The van der Waals surface area contributed by atoms with Gasteiger partial charge in [-0.3, -0.25) is 0 Å². The summed E-state index contributed by atoms with van der Waals surface area (Å²) in [5.74, 6) is 1.08. The fourth-order valence-electron chi connectivity index (χ4n) is 1.51. The molecule has 0 radical (unpaired) electrons. The van der Waals surface area contributed by atoms with Crippen molar-refractivity contribution >= 4 is 11.8 Å². The summed E-state index contributed by atoms with van der Waals surface area (Å²) in [6, 6.07) is 4.01. The van der Waals surface area contributed by atoms with Gasteiger partial charge in [0.25, 0.3) is 0 Å². The van der Waals surface area contributed by atoms with Crippen molar-refractivity contribution in [2.75, 3.05) is 0 Å². The SMILES string of the molecule is CC1=CCC(C)(c2ccco2)S1. The van der Waals surface area contributed by atoms with Gasteiger partial charge in [-0.2, -0.15) is 0 Å². The van der Waals surface area contributed by atoms with E-state index in [1.54, 1.807) is 6.26 Å². The fraction of sp³-hybridized carbons (Fsp3) is 0.400. The standard InChI is InChI=1S/C10H12OS/c1-8-5-6-10(2,12-8)9-4-3-7-11-9/h3-5,7H,6H2,1-2H3. The molecule has 0 aromatic carbocycles. The predicted octanol–water partition coefficient (Wildman–Crippen LogP) is 3.54. The molecule has 0 fully saturated rings. The molecule has 1 aromatic rings. The monoisotopic (exact) mass is 180 g/mol. The van der Waals surface area contributed by atoms with E-state index in [1.165, 1.54) is 4.91 Å². The van der Waals surface area contributed by atoms with Gasteiger partial charge in [0.1, 0.15) is 5.76 Å². The molecule has 0 bridgehead atoms. The lowest BCUT2D eigenvalue weighted by Gasteiger charge is -2.19. The van der Waals surface area contributed by atoms with Gasteiger partial charge in [0, 0.05) is 0 Å². The van der Waals surface area contributed by atoms with E-state index in [4.69, 9.17) is 4.42 Å². The first kappa shape index (κ1) is 7.99. The molecule has 2 heteroatoms. The molecular formula is C10H12OS.